The normalized spacial score (nSPS) is 12.0. The van der Waals surface area contributed by atoms with Gasteiger partial charge in [0.2, 0.25) is 0 Å². The molecule has 0 unspecified atom stereocenters. The lowest BCUT2D eigenvalue weighted by atomic mass is 10.2. The summed E-state index contributed by atoms with van der Waals surface area (Å²) in [5.41, 5.74) is 6.28. The van der Waals surface area contributed by atoms with E-state index in [1.807, 2.05) is 18.4 Å². The van der Waals surface area contributed by atoms with Crippen LogP contribution in [0.2, 0.25) is 5.15 Å². The zero-order valence-electron chi connectivity index (χ0n) is 12.9. The van der Waals surface area contributed by atoms with E-state index in [0.29, 0.717) is 17.3 Å². The third-order valence-electron chi connectivity index (χ3n) is 3.37. The van der Waals surface area contributed by atoms with Crippen molar-refractivity contribution in [2.45, 2.75) is 24.7 Å². The Labute approximate surface area is 154 Å². The van der Waals surface area contributed by atoms with Crippen molar-refractivity contribution in [3.8, 4) is 0 Å². The van der Waals surface area contributed by atoms with Gasteiger partial charge in [0, 0.05) is 22.9 Å². The number of aromatic nitrogens is 3. The van der Waals surface area contributed by atoms with Crippen molar-refractivity contribution in [3.63, 3.8) is 0 Å². The van der Waals surface area contributed by atoms with Gasteiger partial charge in [0.25, 0.3) is 0 Å². The Kier molecular flexibility index (Phi) is 5.08. The molecule has 3 rings (SSSR count). The topological polar surface area (TPSA) is 64.7 Å². The highest BCUT2D eigenvalue weighted by molar-refractivity contribution is 7.99. The summed E-state index contributed by atoms with van der Waals surface area (Å²) in [7, 11) is 0. The maximum atomic E-state index is 12.8. The number of alkyl halides is 3. The number of hydrogen-bond donors (Lipinski definition) is 1. The molecule has 0 fully saturated rings. The summed E-state index contributed by atoms with van der Waals surface area (Å²) in [5, 5.41) is 3.49. The van der Waals surface area contributed by atoms with Gasteiger partial charge in [-0.05, 0) is 30.4 Å². The first-order valence-electron chi connectivity index (χ1n) is 7.12. The number of thioether (sulfide) groups is 1. The second-order valence-electron chi connectivity index (χ2n) is 5.26. The van der Waals surface area contributed by atoms with Gasteiger partial charge < -0.3 is 5.73 Å². The van der Waals surface area contributed by atoms with Gasteiger partial charge in [-0.3, -0.25) is 0 Å². The second-order valence-corrected chi connectivity index (χ2v) is 7.56. The molecule has 4 nitrogen and oxygen atoms in total. The largest absolute Gasteiger partial charge is 0.433 e. The number of nitrogen functional groups attached to an aromatic ring is 1. The predicted octanol–water partition coefficient (Wildman–Crippen LogP) is 4.98. The summed E-state index contributed by atoms with van der Waals surface area (Å²) >= 11 is 8.82. The molecule has 3 aromatic rings. The van der Waals surface area contributed by atoms with Crippen molar-refractivity contribution in [1.82, 2.24) is 15.0 Å². The number of pyridine rings is 1. The fraction of sp³-hybridized carbons (Fsp3) is 0.267. The average molecular weight is 405 g/mol. The fourth-order valence-electron chi connectivity index (χ4n) is 2.20. The third kappa shape index (κ3) is 4.16. The van der Waals surface area contributed by atoms with Crippen molar-refractivity contribution in [3.05, 3.63) is 39.6 Å². The number of rotatable bonds is 4. The molecule has 132 valence electrons. The first-order valence-corrected chi connectivity index (χ1v) is 9.36. The Morgan fingerprint density at radius 2 is 2.00 bits per heavy atom. The van der Waals surface area contributed by atoms with Gasteiger partial charge in [-0.2, -0.15) is 13.2 Å². The molecule has 0 radical (unpaired) electrons. The van der Waals surface area contributed by atoms with Crippen LogP contribution in [0.3, 0.4) is 0 Å². The van der Waals surface area contributed by atoms with Crippen LogP contribution in [0.1, 0.15) is 17.0 Å². The molecule has 0 aliphatic carbocycles. The molecule has 0 bridgehead atoms. The van der Waals surface area contributed by atoms with Crippen molar-refractivity contribution in [1.29, 1.82) is 0 Å². The second kappa shape index (κ2) is 6.97. The molecule has 0 atom stereocenters. The number of halogens is 4. The number of nitrogens with zero attached hydrogens (tertiary/aromatic N) is 3. The van der Waals surface area contributed by atoms with Gasteiger partial charge >= 0.3 is 6.18 Å². The van der Waals surface area contributed by atoms with Gasteiger partial charge in [0.15, 0.2) is 10.9 Å². The fourth-order valence-corrected chi connectivity index (χ4v) is 4.28. The first kappa shape index (κ1) is 18.2. The van der Waals surface area contributed by atoms with Crippen LogP contribution in [0.25, 0.3) is 10.1 Å². The zero-order chi connectivity index (χ0) is 18.2. The Balaban J connectivity index is 1.73. The standard InChI is InChI=1S/C15H12ClF3N4S2/c1-7-6-25-12-9(7)4-8(21-13(12)16)2-3-24-14-22-10(15(17,18)19)5-11(20)23-14/h4-6H,2-3H2,1H3,(H2,20,22,23). The Bertz CT molecular complexity index is 927. The summed E-state index contributed by atoms with van der Waals surface area (Å²) < 4.78 is 39.2. The Morgan fingerprint density at radius 1 is 1.24 bits per heavy atom. The number of fused-ring (bicyclic) bond motifs is 1. The molecule has 25 heavy (non-hydrogen) atoms. The smallest absolute Gasteiger partial charge is 0.384 e. The van der Waals surface area contributed by atoms with Crippen molar-refractivity contribution < 1.29 is 13.2 Å². The maximum Gasteiger partial charge on any atom is 0.433 e. The highest BCUT2D eigenvalue weighted by Gasteiger charge is 2.33. The van der Waals surface area contributed by atoms with Crippen LogP contribution in [0.15, 0.2) is 22.7 Å². The molecule has 0 aromatic carbocycles. The molecular weight excluding hydrogens is 393 g/mol. The maximum absolute atomic E-state index is 12.8. The van der Waals surface area contributed by atoms with Gasteiger partial charge in [-0.25, -0.2) is 15.0 Å². The predicted molar refractivity (Wildman–Crippen MR) is 95.2 cm³/mol. The number of aryl methyl sites for hydroxylation is 2. The zero-order valence-corrected chi connectivity index (χ0v) is 15.3. The van der Waals surface area contributed by atoms with Crippen LogP contribution < -0.4 is 5.73 Å². The molecule has 3 aromatic heterocycles. The summed E-state index contributed by atoms with van der Waals surface area (Å²) in [6.45, 7) is 1.99. The molecule has 0 saturated carbocycles. The van der Waals surface area contributed by atoms with E-state index < -0.39 is 11.9 Å². The van der Waals surface area contributed by atoms with E-state index in [-0.39, 0.29) is 11.0 Å². The van der Waals surface area contributed by atoms with Gasteiger partial charge in [0.1, 0.15) is 11.0 Å². The van der Waals surface area contributed by atoms with E-state index in [4.69, 9.17) is 17.3 Å². The molecule has 2 N–H and O–H groups in total. The minimum atomic E-state index is -4.55. The lowest BCUT2D eigenvalue weighted by molar-refractivity contribution is -0.141. The molecule has 10 heteroatoms. The summed E-state index contributed by atoms with van der Waals surface area (Å²) in [6.07, 6.45) is -4.03. The summed E-state index contributed by atoms with van der Waals surface area (Å²) in [6, 6.07) is 2.67. The van der Waals surface area contributed by atoms with Gasteiger partial charge in [-0.15, -0.1) is 11.3 Å². The van der Waals surface area contributed by atoms with E-state index in [0.717, 1.165) is 39.2 Å². The quantitative estimate of drug-likeness (QED) is 0.377. The van der Waals surface area contributed by atoms with Crippen LogP contribution in [-0.2, 0) is 12.6 Å². The van der Waals surface area contributed by atoms with Crippen molar-refractivity contribution >= 4 is 50.6 Å². The summed E-state index contributed by atoms with van der Waals surface area (Å²) in [4.78, 5) is 11.7. The van der Waals surface area contributed by atoms with Gasteiger partial charge in [0.05, 0.1) is 4.70 Å². The minimum Gasteiger partial charge on any atom is -0.384 e. The Morgan fingerprint density at radius 3 is 2.72 bits per heavy atom. The number of hydrogen-bond acceptors (Lipinski definition) is 6. The van der Waals surface area contributed by atoms with Crippen LogP contribution in [0.5, 0.6) is 0 Å². The average Bonchev–Trinajstić information content (AvgIpc) is 2.88. The minimum absolute atomic E-state index is 0.00814. The highest BCUT2D eigenvalue weighted by Crippen LogP contribution is 2.32. The van der Waals surface area contributed by atoms with Crippen LogP contribution in [0, 0.1) is 6.92 Å². The number of anilines is 1. The van der Waals surface area contributed by atoms with Crippen LogP contribution >= 0.6 is 34.7 Å². The van der Waals surface area contributed by atoms with E-state index in [1.165, 1.54) is 11.3 Å². The molecule has 0 spiro atoms. The van der Waals surface area contributed by atoms with E-state index in [2.05, 4.69) is 15.0 Å². The van der Waals surface area contributed by atoms with Gasteiger partial charge in [-0.1, -0.05) is 23.4 Å². The van der Waals surface area contributed by atoms with E-state index >= 15 is 0 Å². The lowest BCUT2D eigenvalue weighted by Gasteiger charge is -2.08. The van der Waals surface area contributed by atoms with Crippen molar-refractivity contribution in [2.24, 2.45) is 0 Å². The number of thiophene rings is 1. The van der Waals surface area contributed by atoms with Crippen molar-refractivity contribution in [2.75, 3.05) is 11.5 Å². The first-order chi connectivity index (χ1) is 11.7. The third-order valence-corrected chi connectivity index (χ3v) is 5.72. The molecule has 0 aliphatic rings. The van der Waals surface area contributed by atoms with E-state index in [1.54, 1.807) is 0 Å². The highest BCUT2D eigenvalue weighted by atomic mass is 35.5. The Hall–Kier alpha value is -1.58. The summed E-state index contributed by atoms with van der Waals surface area (Å²) in [5.74, 6) is 0.250. The molecule has 3 heterocycles. The molecule has 0 aliphatic heterocycles. The van der Waals surface area contributed by atoms with E-state index in [9.17, 15) is 13.2 Å². The van der Waals surface area contributed by atoms with Crippen LogP contribution in [-0.4, -0.2) is 20.7 Å². The molecular formula is C15H12ClF3N4S2. The molecule has 0 amide bonds. The molecule has 0 saturated heterocycles. The van der Waals surface area contributed by atoms with Crippen LogP contribution in [0.4, 0.5) is 19.0 Å². The lowest BCUT2D eigenvalue weighted by Crippen LogP contribution is -2.11. The monoisotopic (exact) mass is 404 g/mol. The number of nitrogens with two attached hydrogens (primary N) is 1. The SMILES string of the molecule is Cc1csc2c(Cl)nc(CCSc3nc(N)cc(C(F)(F)F)n3)cc12.